The lowest BCUT2D eigenvalue weighted by molar-refractivity contribution is 0.134. The first-order chi connectivity index (χ1) is 16.1. The molecule has 3 heterocycles. The number of aromatic nitrogens is 5. The van der Waals surface area contributed by atoms with Gasteiger partial charge >= 0.3 is 6.09 Å². The first-order valence-electron chi connectivity index (χ1n) is 10.3. The third-order valence-electron chi connectivity index (χ3n) is 5.26. The number of carbonyl (C=O) groups is 1. The zero-order chi connectivity index (χ0) is 23.2. The molecule has 0 radical (unpaired) electrons. The normalized spacial score (nSPS) is 17.6. The van der Waals surface area contributed by atoms with Gasteiger partial charge in [0, 0.05) is 12.1 Å². The smallest absolute Gasteiger partial charge is 0.404 e. The van der Waals surface area contributed by atoms with Crippen LogP contribution >= 0.6 is 0 Å². The van der Waals surface area contributed by atoms with Crippen LogP contribution in [-0.2, 0) is 0 Å². The molecule has 0 aliphatic heterocycles. The zero-order valence-corrected chi connectivity index (χ0v) is 17.8. The van der Waals surface area contributed by atoms with Crippen LogP contribution in [0.3, 0.4) is 0 Å². The van der Waals surface area contributed by atoms with Crippen molar-refractivity contribution in [2.75, 3.05) is 12.4 Å². The van der Waals surface area contributed by atoms with Crippen molar-refractivity contribution in [1.29, 1.82) is 5.26 Å². The van der Waals surface area contributed by atoms with Crippen LogP contribution in [0.2, 0.25) is 0 Å². The lowest BCUT2D eigenvalue weighted by atomic mass is 9.93. The second kappa shape index (κ2) is 9.82. The number of amides is 1. The number of nitrogens with zero attached hydrogens (tertiary/aromatic N) is 5. The molecule has 0 saturated heterocycles. The Morgan fingerprint density at radius 1 is 1.15 bits per heavy atom. The summed E-state index contributed by atoms with van der Waals surface area (Å²) in [6.45, 7) is 0. The van der Waals surface area contributed by atoms with Gasteiger partial charge in [-0.15, -0.1) is 0 Å². The van der Waals surface area contributed by atoms with Gasteiger partial charge in [0.25, 0.3) is 0 Å². The van der Waals surface area contributed by atoms with Crippen LogP contribution in [0.4, 0.5) is 16.4 Å². The molecule has 0 aromatic carbocycles. The Kier molecular flexibility index (Phi) is 6.49. The standard InChI is InChI=1S/C21H22N8O4/c1-32-16-9-23-10-17(33-14-4-2-12(3-5-14)26-21(30)31)20(16)15-6-18(29-28-15)27-19-11-24-13(7-22)8-25-19/h6,8-12,14,26H,2-5H2,1H3,(H,30,31)(H2,25,27,28,29)/t12-,14-. The molecule has 1 amide bonds. The van der Waals surface area contributed by atoms with Crippen LogP contribution in [0.1, 0.15) is 31.4 Å². The second-order valence-electron chi connectivity index (χ2n) is 7.45. The van der Waals surface area contributed by atoms with Gasteiger partial charge in [-0.25, -0.2) is 14.8 Å². The Balaban J connectivity index is 1.51. The third kappa shape index (κ3) is 5.27. The van der Waals surface area contributed by atoms with Gasteiger partial charge in [0.1, 0.15) is 17.6 Å². The Morgan fingerprint density at radius 2 is 1.94 bits per heavy atom. The van der Waals surface area contributed by atoms with Gasteiger partial charge in [-0.3, -0.25) is 10.1 Å². The van der Waals surface area contributed by atoms with Crippen LogP contribution < -0.4 is 20.1 Å². The van der Waals surface area contributed by atoms with Gasteiger partial charge in [-0.2, -0.15) is 10.4 Å². The van der Waals surface area contributed by atoms with Crippen LogP contribution in [0.15, 0.2) is 30.9 Å². The lowest BCUT2D eigenvalue weighted by Gasteiger charge is -2.29. The number of nitriles is 1. The summed E-state index contributed by atoms with van der Waals surface area (Å²) in [5.74, 6) is 1.99. The molecule has 170 valence electrons. The topological polar surface area (TPSA) is 171 Å². The highest BCUT2D eigenvalue weighted by Gasteiger charge is 2.25. The van der Waals surface area contributed by atoms with Crippen LogP contribution in [0.5, 0.6) is 11.5 Å². The molecule has 1 aliphatic carbocycles. The van der Waals surface area contributed by atoms with Crippen molar-refractivity contribution in [1.82, 2.24) is 30.5 Å². The van der Waals surface area contributed by atoms with E-state index >= 15 is 0 Å². The summed E-state index contributed by atoms with van der Waals surface area (Å²) >= 11 is 0. The number of rotatable bonds is 7. The van der Waals surface area contributed by atoms with E-state index in [-0.39, 0.29) is 17.8 Å². The largest absolute Gasteiger partial charge is 0.494 e. The highest BCUT2D eigenvalue weighted by molar-refractivity contribution is 5.75. The second-order valence-corrected chi connectivity index (χ2v) is 7.45. The molecule has 4 rings (SSSR count). The van der Waals surface area contributed by atoms with Crippen molar-refractivity contribution >= 4 is 17.7 Å². The van der Waals surface area contributed by atoms with Crippen molar-refractivity contribution in [3.05, 3.63) is 36.5 Å². The van der Waals surface area contributed by atoms with Gasteiger partial charge in [0.2, 0.25) is 0 Å². The highest BCUT2D eigenvalue weighted by atomic mass is 16.5. The molecule has 0 bridgehead atoms. The number of ether oxygens (including phenoxy) is 2. The van der Waals surface area contributed by atoms with Crippen molar-refractivity contribution < 1.29 is 19.4 Å². The molecule has 0 atom stereocenters. The quantitative estimate of drug-likeness (QED) is 0.419. The van der Waals surface area contributed by atoms with Gasteiger partial charge < -0.3 is 25.2 Å². The van der Waals surface area contributed by atoms with Gasteiger partial charge in [0.05, 0.1) is 49.3 Å². The van der Waals surface area contributed by atoms with E-state index in [1.54, 1.807) is 25.6 Å². The summed E-state index contributed by atoms with van der Waals surface area (Å²) in [4.78, 5) is 23.2. The van der Waals surface area contributed by atoms with Crippen LogP contribution in [0.25, 0.3) is 11.3 Å². The van der Waals surface area contributed by atoms with Crippen molar-refractivity contribution in [2.45, 2.75) is 37.8 Å². The van der Waals surface area contributed by atoms with E-state index in [0.717, 1.165) is 12.8 Å². The fourth-order valence-electron chi connectivity index (χ4n) is 3.71. The molecule has 0 unspecified atom stereocenters. The molecular formula is C21H22N8O4. The number of pyridine rings is 1. The lowest BCUT2D eigenvalue weighted by Crippen LogP contribution is -2.38. The Labute approximate surface area is 189 Å². The Morgan fingerprint density at radius 3 is 2.61 bits per heavy atom. The van der Waals surface area contributed by atoms with E-state index in [4.69, 9.17) is 19.8 Å². The average molecular weight is 450 g/mol. The number of methoxy groups -OCH3 is 1. The number of aromatic amines is 1. The first kappa shape index (κ1) is 21.8. The molecular weight excluding hydrogens is 428 g/mol. The summed E-state index contributed by atoms with van der Waals surface area (Å²) in [6.07, 6.45) is 7.80. The predicted octanol–water partition coefficient (Wildman–Crippen LogP) is 2.84. The molecule has 0 spiro atoms. The first-order valence-corrected chi connectivity index (χ1v) is 10.3. The fraction of sp³-hybridized carbons (Fsp3) is 0.333. The third-order valence-corrected chi connectivity index (χ3v) is 5.26. The summed E-state index contributed by atoms with van der Waals surface area (Å²) in [5.41, 5.74) is 1.54. The van der Waals surface area contributed by atoms with Crippen molar-refractivity contribution in [3.8, 4) is 28.8 Å². The Hall–Kier alpha value is -4.40. The maximum Gasteiger partial charge on any atom is 0.404 e. The van der Waals surface area contributed by atoms with E-state index in [9.17, 15) is 4.79 Å². The number of carboxylic acid groups (broad SMARTS) is 1. The Bertz CT molecular complexity index is 1150. The highest BCUT2D eigenvalue weighted by Crippen LogP contribution is 2.39. The van der Waals surface area contributed by atoms with Crippen LogP contribution in [0, 0.1) is 11.3 Å². The summed E-state index contributed by atoms with van der Waals surface area (Å²) in [7, 11) is 1.55. The molecule has 4 N–H and O–H groups in total. The minimum atomic E-state index is -1.01. The van der Waals surface area contributed by atoms with E-state index in [0.29, 0.717) is 47.2 Å². The maximum absolute atomic E-state index is 10.9. The number of H-pyrrole nitrogens is 1. The molecule has 1 fully saturated rings. The van der Waals surface area contributed by atoms with Gasteiger partial charge in [-0.05, 0) is 25.7 Å². The minimum absolute atomic E-state index is 0.0585. The number of hydrogen-bond donors (Lipinski definition) is 4. The zero-order valence-electron chi connectivity index (χ0n) is 17.8. The summed E-state index contributed by atoms with van der Waals surface area (Å²) < 4.78 is 11.8. The number of hydrogen-bond acceptors (Lipinski definition) is 9. The summed E-state index contributed by atoms with van der Waals surface area (Å²) in [6, 6.07) is 3.64. The van der Waals surface area contributed by atoms with Crippen molar-refractivity contribution in [3.63, 3.8) is 0 Å². The van der Waals surface area contributed by atoms with E-state index in [1.165, 1.54) is 12.4 Å². The SMILES string of the molecule is COc1cncc(O[C@H]2CC[C@H](NC(=O)O)CC2)c1-c1cc(Nc2cnc(C#N)cn2)n[nH]1. The summed E-state index contributed by atoms with van der Waals surface area (Å²) in [5, 5.41) is 30.5. The van der Waals surface area contributed by atoms with E-state index < -0.39 is 6.09 Å². The van der Waals surface area contributed by atoms with Crippen molar-refractivity contribution in [2.24, 2.45) is 0 Å². The van der Waals surface area contributed by atoms with Crippen LogP contribution in [-0.4, -0.2) is 55.6 Å². The molecule has 3 aromatic rings. The van der Waals surface area contributed by atoms with E-state index in [2.05, 4.69) is 35.8 Å². The molecule has 1 aliphatic rings. The monoisotopic (exact) mass is 450 g/mol. The molecule has 3 aromatic heterocycles. The van der Waals surface area contributed by atoms with E-state index in [1.807, 2.05) is 6.07 Å². The van der Waals surface area contributed by atoms with Gasteiger partial charge in [0.15, 0.2) is 17.3 Å². The maximum atomic E-state index is 10.9. The minimum Gasteiger partial charge on any atom is -0.494 e. The molecule has 33 heavy (non-hydrogen) atoms. The molecule has 12 heteroatoms. The molecule has 1 saturated carbocycles. The molecule has 12 nitrogen and oxygen atoms in total. The fourth-order valence-corrected chi connectivity index (χ4v) is 3.71. The van der Waals surface area contributed by atoms with Gasteiger partial charge in [-0.1, -0.05) is 0 Å². The number of nitrogens with one attached hydrogen (secondary N) is 3. The average Bonchev–Trinajstić information content (AvgIpc) is 3.28. The predicted molar refractivity (Wildman–Crippen MR) is 116 cm³/mol. The number of anilines is 2.